The molecule has 2 aliphatic carbocycles. The highest BCUT2D eigenvalue weighted by atomic mass is 16.3. The van der Waals surface area contributed by atoms with Crippen molar-refractivity contribution < 1.29 is 14.7 Å². The number of amides is 2. The van der Waals surface area contributed by atoms with Crippen molar-refractivity contribution in [2.75, 3.05) is 0 Å². The van der Waals surface area contributed by atoms with Gasteiger partial charge in [-0.25, -0.2) is 0 Å². The van der Waals surface area contributed by atoms with Gasteiger partial charge in [-0.1, -0.05) is 6.42 Å². The molecule has 3 aliphatic rings. The second-order valence-electron chi connectivity index (χ2n) is 5.65. The summed E-state index contributed by atoms with van der Waals surface area (Å²) < 4.78 is 0. The van der Waals surface area contributed by atoms with Gasteiger partial charge in [-0.05, 0) is 38.5 Å². The number of likely N-dealkylation sites (tertiary alicyclic amines) is 1. The lowest BCUT2D eigenvalue weighted by Gasteiger charge is -2.32. The van der Waals surface area contributed by atoms with E-state index in [0.717, 1.165) is 44.9 Å². The summed E-state index contributed by atoms with van der Waals surface area (Å²) in [6.07, 6.45) is 5.55. The van der Waals surface area contributed by atoms with Gasteiger partial charge in [-0.3, -0.25) is 14.5 Å². The van der Waals surface area contributed by atoms with Crippen molar-refractivity contribution in [2.45, 2.75) is 57.1 Å². The van der Waals surface area contributed by atoms with E-state index in [1.165, 1.54) is 0 Å². The molecule has 1 saturated heterocycles. The fourth-order valence-corrected chi connectivity index (χ4v) is 3.69. The Kier molecular flexibility index (Phi) is 2.69. The maximum absolute atomic E-state index is 12.2. The zero-order valence-corrected chi connectivity index (χ0v) is 9.97. The normalized spacial score (nSPS) is 42.1. The molecule has 2 atom stereocenters. The SMILES string of the molecule is O=C1C2CCCC2C(=O)N1C1CCC(O)CC1. The first-order chi connectivity index (χ1) is 8.18. The van der Waals surface area contributed by atoms with E-state index in [4.69, 9.17) is 0 Å². The molecule has 3 fully saturated rings. The van der Waals surface area contributed by atoms with Gasteiger partial charge in [0.1, 0.15) is 0 Å². The number of nitrogens with zero attached hydrogens (tertiary/aromatic N) is 1. The van der Waals surface area contributed by atoms with Crippen LogP contribution in [-0.2, 0) is 9.59 Å². The fourth-order valence-electron chi connectivity index (χ4n) is 3.69. The number of carbonyl (C=O) groups is 2. The van der Waals surface area contributed by atoms with Crippen LogP contribution in [0.1, 0.15) is 44.9 Å². The van der Waals surface area contributed by atoms with Crippen molar-refractivity contribution >= 4 is 11.8 Å². The van der Waals surface area contributed by atoms with Crippen LogP contribution in [0.5, 0.6) is 0 Å². The first kappa shape index (κ1) is 11.2. The highest BCUT2D eigenvalue weighted by molar-refractivity contribution is 6.05. The molecule has 1 heterocycles. The third-order valence-electron chi connectivity index (χ3n) is 4.66. The van der Waals surface area contributed by atoms with Gasteiger partial charge in [0.25, 0.3) is 0 Å². The molecule has 0 bridgehead atoms. The van der Waals surface area contributed by atoms with Gasteiger partial charge >= 0.3 is 0 Å². The van der Waals surface area contributed by atoms with E-state index in [2.05, 4.69) is 0 Å². The van der Waals surface area contributed by atoms with Crippen molar-refractivity contribution in [3.63, 3.8) is 0 Å². The number of hydrogen-bond donors (Lipinski definition) is 1. The van der Waals surface area contributed by atoms with Crippen LogP contribution in [0.3, 0.4) is 0 Å². The lowest BCUT2D eigenvalue weighted by molar-refractivity contribution is -0.144. The van der Waals surface area contributed by atoms with Crippen molar-refractivity contribution in [1.82, 2.24) is 4.90 Å². The molecule has 0 aromatic heterocycles. The zero-order chi connectivity index (χ0) is 12.0. The van der Waals surface area contributed by atoms with Crippen LogP contribution in [0, 0.1) is 11.8 Å². The number of carbonyl (C=O) groups excluding carboxylic acids is 2. The lowest BCUT2D eigenvalue weighted by Crippen LogP contribution is -2.43. The molecule has 4 heteroatoms. The molecule has 1 aliphatic heterocycles. The van der Waals surface area contributed by atoms with E-state index in [0.29, 0.717) is 0 Å². The third-order valence-corrected chi connectivity index (χ3v) is 4.66. The maximum atomic E-state index is 12.2. The molecule has 0 spiro atoms. The average molecular weight is 237 g/mol. The number of aliphatic hydroxyl groups is 1. The van der Waals surface area contributed by atoms with Crippen LogP contribution >= 0.6 is 0 Å². The second-order valence-corrected chi connectivity index (χ2v) is 5.65. The van der Waals surface area contributed by atoms with Crippen molar-refractivity contribution in [1.29, 1.82) is 0 Å². The predicted octanol–water partition coefficient (Wildman–Crippen LogP) is 1.07. The molecule has 1 N–H and O–H groups in total. The van der Waals surface area contributed by atoms with Gasteiger partial charge in [0.2, 0.25) is 11.8 Å². The summed E-state index contributed by atoms with van der Waals surface area (Å²) in [5.41, 5.74) is 0. The van der Waals surface area contributed by atoms with Crippen molar-refractivity contribution in [3.8, 4) is 0 Å². The van der Waals surface area contributed by atoms with Crippen LogP contribution in [0.4, 0.5) is 0 Å². The summed E-state index contributed by atoms with van der Waals surface area (Å²) in [6, 6.07) is 0.0593. The number of fused-ring (bicyclic) bond motifs is 1. The molecule has 0 aromatic rings. The van der Waals surface area contributed by atoms with Gasteiger partial charge in [-0.2, -0.15) is 0 Å². The number of rotatable bonds is 1. The Bertz CT molecular complexity index is 325. The van der Waals surface area contributed by atoms with Crippen LogP contribution < -0.4 is 0 Å². The monoisotopic (exact) mass is 237 g/mol. The second kappa shape index (κ2) is 4.09. The van der Waals surface area contributed by atoms with Crippen LogP contribution in [0.2, 0.25) is 0 Å². The number of imide groups is 1. The Morgan fingerprint density at radius 3 is 1.94 bits per heavy atom. The van der Waals surface area contributed by atoms with Crippen LogP contribution in [-0.4, -0.2) is 34.0 Å². The minimum atomic E-state index is -0.237. The summed E-state index contributed by atoms with van der Waals surface area (Å²) >= 11 is 0. The summed E-state index contributed by atoms with van der Waals surface area (Å²) in [7, 11) is 0. The molecule has 4 nitrogen and oxygen atoms in total. The van der Waals surface area contributed by atoms with Crippen molar-refractivity contribution in [2.24, 2.45) is 11.8 Å². The minimum Gasteiger partial charge on any atom is -0.393 e. The van der Waals surface area contributed by atoms with E-state index in [-0.39, 0.29) is 35.8 Å². The molecular formula is C13H19NO3. The standard InChI is InChI=1S/C13H19NO3/c15-9-6-4-8(5-7-9)14-12(16)10-2-1-3-11(10)13(14)17/h8-11,15H,1-7H2. The third kappa shape index (κ3) is 1.69. The van der Waals surface area contributed by atoms with Gasteiger partial charge in [0.05, 0.1) is 17.9 Å². The van der Waals surface area contributed by atoms with E-state index < -0.39 is 0 Å². The lowest BCUT2D eigenvalue weighted by atomic mass is 9.92. The van der Waals surface area contributed by atoms with E-state index in [1.807, 2.05) is 0 Å². The number of aliphatic hydroxyl groups excluding tert-OH is 1. The average Bonchev–Trinajstić information content (AvgIpc) is 2.87. The topological polar surface area (TPSA) is 57.6 Å². The predicted molar refractivity (Wildman–Crippen MR) is 60.9 cm³/mol. The quantitative estimate of drug-likeness (QED) is 0.694. The van der Waals surface area contributed by atoms with E-state index >= 15 is 0 Å². The number of hydrogen-bond acceptors (Lipinski definition) is 3. The Balaban J connectivity index is 1.75. The van der Waals surface area contributed by atoms with Gasteiger partial charge in [-0.15, -0.1) is 0 Å². The summed E-state index contributed by atoms with van der Waals surface area (Å²) in [6.45, 7) is 0. The Morgan fingerprint density at radius 2 is 1.41 bits per heavy atom. The molecular weight excluding hydrogens is 218 g/mol. The molecule has 0 radical (unpaired) electrons. The molecule has 2 unspecified atom stereocenters. The van der Waals surface area contributed by atoms with Crippen LogP contribution in [0.25, 0.3) is 0 Å². The highest BCUT2D eigenvalue weighted by Gasteiger charge is 2.51. The summed E-state index contributed by atoms with van der Waals surface area (Å²) in [5.74, 6) is 0.0986. The highest BCUT2D eigenvalue weighted by Crippen LogP contribution is 2.42. The molecule has 94 valence electrons. The minimum absolute atomic E-state index is 0.0191. The first-order valence-corrected chi connectivity index (χ1v) is 6.73. The van der Waals surface area contributed by atoms with E-state index in [9.17, 15) is 14.7 Å². The molecule has 2 amide bonds. The Labute approximate surface area is 101 Å². The zero-order valence-electron chi connectivity index (χ0n) is 9.97. The Hall–Kier alpha value is -0.900. The van der Waals surface area contributed by atoms with Crippen molar-refractivity contribution in [3.05, 3.63) is 0 Å². The Morgan fingerprint density at radius 1 is 0.882 bits per heavy atom. The summed E-state index contributed by atoms with van der Waals surface area (Å²) in [4.78, 5) is 26.0. The van der Waals surface area contributed by atoms with Gasteiger partial charge < -0.3 is 5.11 Å². The van der Waals surface area contributed by atoms with E-state index in [1.54, 1.807) is 4.90 Å². The van der Waals surface area contributed by atoms with Crippen LogP contribution in [0.15, 0.2) is 0 Å². The molecule has 0 aromatic carbocycles. The smallest absolute Gasteiger partial charge is 0.233 e. The molecule has 3 rings (SSSR count). The maximum Gasteiger partial charge on any atom is 0.233 e. The summed E-state index contributed by atoms with van der Waals surface area (Å²) in [5, 5.41) is 9.47. The molecule has 2 saturated carbocycles. The largest absolute Gasteiger partial charge is 0.393 e. The fraction of sp³-hybridized carbons (Fsp3) is 0.846. The molecule has 17 heavy (non-hydrogen) atoms. The van der Waals surface area contributed by atoms with Gasteiger partial charge in [0, 0.05) is 6.04 Å². The first-order valence-electron chi connectivity index (χ1n) is 6.73. The van der Waals surface area contributed by atoms with Gasteiger partial charge in [0.15, 0.2) is 0 Å².